The van der Waals surface area contributed by atoms with Gasteiger partial charge in [0.15, 0.2) is 0 Å². The highest BCUT2D eigenvalue weighted by atomic mass is 35.5. The number of carbonyl (C=O) groups excluding carboxylic acids is 1. The fourth-order valence-corrected chi connectivity index (χ4v) is 5.68. The van der Waals surface area contributed by atoms with Crippen molar-refractivity contribution >= 4 is 33.2 Å². The van der Waals surface area contributed by atoms with Gasteiger partial charge in [-0.2, -0.15) is 4.31 Å². The molecule has 0 spiro atoms. The molecule has 0 atom stereocenters. The first kappa shape index (κ1) is 24.3. The molecule has 32 heavy (non-hydrogen) atoms. The lowest BCUT2D eigenvalue weighted by Crippen LogP contribution is -2.45. The van der Waals surface area contributed by atoms with E-state index in [9.17, 15) is 17.6 Å². The van der Waals surface area contributed by atoms with Gasteiger partial charge < -0.3 is 14.8 Å². The minimum atomic E-state index is -4.01. The molecule has 7 nitrogen and oxygen atoms in total. The summed E-state index contributed by atoms with van der Waals surface area (Å²) in [6.45, 7) is -0.390. The highest BCUT2D eigenvalue weighted by Crippen LogP contribution is 2.36. The minimum Gasteiger partial charge on any atom is -0.495 e. The van der Waals surface area contributed by atoms with Crippen molar-refractivity contribution < 1.29 is 27.1 Å². The molecule has 0 aliphatic heterocycles. The molecule has 0 saturated heterocycles. The summed E-state index contributed by atoms with van der Waals surface area (Å²) in [6, 6.07) is 7.32. The number of benzene rings is 2. The van der Waals surface area contributed by atoms with Crippen LogP contribution in [0.25, 0.3) is 0 Å². The molecule has 1 saturated carbocycles. The summed E-state index contributed by atoms with van der Waals surface area (Å²) in [6.07, 6.45) is 4.10. The molecular formula is C22H26ClFN2O5S. The van der Waals surface area contributed by atoms with Crippen molar-refractivity contribution in [1.29, 1.82) is 0 Å². The Morgan fingerprint density at radius 2 is 1.72 bits per heavy atom. The van der Waals surface area contributed by atoms with Crippen LogP contribution < -0.4 is 14.8 Å². The number of methoxy groups -OCH3 is 2. The molecule has 0 aromatic heterocycles. The average Bonchev–Trinajstić information content (AvgIpc) is 2.79. The van der Waals surface area contributed by atoms with Crippen LogP contribution in [0.1, 0.15) is 32.1 Å². The van der Waals surface area contributed by atoms with Gasteiger partial charge in [-0.3, -0.25) is 4.79 Å². The molecule has 0 unspecified atom stereocenters. The Morgan fingerprint density at radius 3 is 2.31 bits per heavy atom. The third-order valence-corrected chi connectivity index (χ3v) is 7.66. The zero-order valence-electron chi connectivity index (χ0n) is 17.9. The van der Waals surface area contributed by atoms with Gasteiger partial charge >= 0.3 is 0 Å². The molecular weight excluding hydrogens is 459 g/mol. The van der Waals surface area contributed by atoms with Crippen LogP contribution in [0.15, 0.2) is 41.3 Å². The lowest BCUT2D eigenvalue weighted by atomic mass is 9.95. The van der Waals surface area contributed by atoms with Gasteiger partial charge in [0.25, 0.3) is 0 Å². The summed E-state index contributed by atoms with van der Waals surface area (Å²) in [7, 11) is -1.14. The molecule has 1 aliphatic rings. The van der Waals surface area contributed by atoms with Crippen LogP contribution in [0.3, 0.4) is 0 Å². The molecule has 10 heteroatoms. The van der Waals surface area contributed by atoms with Gasteiger partial charge in [-0.15, -0.1) is 0 Å². The van der Waals surface area contributed by atoms with E-state index in [0.29, 0.717) is 35.1 Å². The second-order valence-corrected chi connectivity index (χ2v) is 9.83. The predicted molar refractivity (Wildman–Crippen MR) is 120 cm³/mol. The number of carbonyl (C=O) groups is 1. The standard InChI is InChI=1S/C22H26ClFN2O5S/c1-30-20-13-19(21(31-2)12-18(20)23)25-22(27)14-26(16-6-4-3-5-7-16)32(28,29)17-10-8-15(24)9-11-17/h8-13,16H,3-7,14H2,1-2H3,(H,25,27). The number of anilines is 1. The number of rotatable bonds is 8. The molecule has 2 aromatic carbocycles. The van der Waals surface area contributed by atoms with Crippen molar-refractivity contribution in [2.24, 2.45) is 0 Å². The Labute approximate surface area is 192 Å². The summed E-state index contributed by atoms with van der Waals surface area (Å²) in [4.78, 5) is 12.9. The number of halogens is 2. The quantitative estimate of drug-likeness (QED) is 0.598. The number of nitrogens with zero attached hydrogens (tertiary/aromatic N) is 1. The molecule has 1 amide bonds. The van der Waals surface area contributed by atoms with Crippen LogP contribution in [0.2, 0.25) is 5.02 Å². The van der Waals surface area contributed by atoms with E-state index in [4.69, 9.17) is 21.1 Å². The van der Waals surface area contributed by atoms with Crippen molar-refractivity contribution in [3.05, 3.63) is 47.2 Å². The van der Waals surface area contributed by atoms with E-state index in [2.05, 4.69) is 5.32 Å². The molecule has 2 aromatic rings. The summed E-state index contributed by atoms with van der Waals surface area (Å²) in [5.74, 6) is -0.417. The first-order chi connectivity index (χ1) is 15.3. The Kier molecular flexibility index (Phi) is 7.97. The highest BCUT2D eigenvalue weighted by Gasteiger charge is 2.34. The van der Waals surface area contributed by atoms with Crippen LogP contribution in [0, 0.1) is 5.82 Å². The molecule has 3 rings (SSSR count). The van der Waals surface area contributed by atoms with E-state index >= 15 is 0 Å². The Hall–Kier alpha value is -2.36. The minimum absolute atomic E-state index is 0.0528. The Bertz CT molecular complexity index is 1060. The van der Waals surface area contributed by atoms with Crippen LogP contribution in [0.4, 0.5) is 10.1 Å². The Balaban J connectivity index is 1.88. The van der Waals surface area contributed by atoms with E-state index in [1.807, 2.05) is 0 Å². The highest BCUT2D eigenvalue weighted by molar-refractivity contribution is 7.89. The first-order valence-corrected chi connectivity index (χ1v) is 12.1. The van der Waals surface area contributed by atoms with Crippen LogP contribution >= 0.6 is 11.6 Å². The summed E-state index contributed by atoms with van der Waals surface area (Å²) >= 11 is 6.11. The molecule has 0 radical (unpaired) electrons. The summed E-state index contributed by atoms with van der Waals surface area (Å²) in [5, 5.41) is 3.01. The Morgan fingerprint density at radius 1 is 1.09 bits per heavy atom. The SMILES string of the molecule is COc1cc(NC(=O)CN(C2CCCCC2)S(=O)(=O)c2ccc(F)cc2)c(OC)cc1Cl. The maximum absolute atomic E-state index is 13.4. The normalized spacial score (nSPS) is 14.9. The molecule has 0 heterocycles. The molecule has 1 N–H and O–H groups in total. The smallest absolute Gasteiger partial charge is 0.243 e. The zero-order chi connectivity index (χ0) is 23.3. The van der Waals surface area contributed by atoms with Crippen LogP contribution in [0.5, 0.6) is 11.5 Å². The second-order valence-electron chi connectivity index (χ2n) is 7.53. The third kappa shape index (κ3) is 5.51. The number of ether oxygens (including phenoxy) is 2. The van der Waals surface area contributed by atoms with Crippen molar-refractivity contribution in [2.45, 2.75) is 43.0 Å². The monoisotopic (exact) mass is 484 g/mol. The van der Waals surface area contributed by atoms with E-state index < -0.39 is 28.3 Å². The average molecular weight is 485 g/mol. The molecule has 1 fully saturated rings. The van der Waals surface area contributed by atoms with Crippen LogP contribution in [-0.4, -0.2) is 45.4 Å². The number of nitrogens with one attached hydrogen (secondary N) is 1. The largest absolute Gasteiger partial charge is 0.495 e. The number of hydrogen-bond donors (Lipinski definition) is 1. The second kappa shape index (κ2) is 10.5. The maximum Gasteiger partial charge on any atom is 0.243 e. The van der Waals surface area contributed by atoms with Crippen molar-refractivity contribution in [3.8, 4) is 11.5 Å². The predicted octanol–water partition coefficient (Wildman–Crippen LogP) is 4.46. The van der Waals surface area contributed by atoms with Crippen molar-refractivity contribution in [3.63, 3.8) is 0 Å². The van der Waals surface area contributed by atoms with Gasteiger partial charge in [0.1, 0.15) is 17.3 Å². The van der Waals surface area contributed by atoms with Gasteiger partial charge in [-0.05, 0) is 37.1 Å². The van der Waals surface area contributed by atoms with E-state index in [1.165, 1.54) is 42.8 Å². The van der Waals surface area contributed by atoms with Gasteiger partial charge in [-0.25, -0.2) is 12.8 Å². The lowest BCUT2D eigenvalue weighted by Gasteiger charge is -2.33. The van der Waals surface area contributed by atoms with E-state index in [-0.39, 0.29) is 10.9 Å². The molecule has 1 aliphatic carbocycles. The van der Waals surface area contributed by atoms with Gasteiger partial charge in [0.05, 0.1) is 36.4 Å². The van der Waals surface area contributed by atoms with E-state index in [0.717, 1.165) is 31.4 Å². The maximum atomic E-state index is 13.4. The number of amides is 1. The van der Waals surface area contributed by atoms with Gasteiger partial charge in [0, 0.05) is 18.2 Å². The fraction of sp³-hybridized carbons (Fsp3) is 0.409. The zero-order valence-corrected chi connectivity index (χ0v) is 19.5. The third-order valence-electron chi connectivity index (χ3n) is 5.45. The molecule has 0 bridgehead atoms. The summed E-state index contributed by atoms with van der Waals surface area (Å²) in [5.41, 5.74) is 0.307. The topological polar surface area (TPSA) is 84.9 Å². The summed E-state index contributed by atoms with van der Waals surface area (Å²) < 4.78 is 51.7. The van der Waals surface area contributed by atoms with Crippen molar-refractivity contribution in [1.82, 2.24) is 4.31 Å². The van der Waals surface area contributed by atoms with E-state index in [1.54, 1.807) is 0 Å². The van der Waals surface area contributed by atoms with Crippen molar-refractivity contribution in [2.75, 3.05) is 26.1 Å². The van der Waals surface area contributed by atoms with Gasteiger partial charge in [0.2, 0.25) is 15.9 Å². The van der Waals surface area contributed by atoms with Crippen LogP contribution in [-0.2, 0) is 14.8 Å². The molecule has 174 valence electrons. The fourth-order valence-electron chi connectivity index (χ4n) is 3.81. The first-order valence-electron chi connectivity index (χ1n) is 10.2. The number of hydrogen-bond acceptors (Lipinski definition) is 5. The lowest BCUT2D eigenvalue weighted by molar-refractivity contribution is -0.116. The van der Waals surface area contributed by atoms with Gasteiger partial charge in [-0.1, -0.05) is 30.9 Å². The number of sulfonamides is 1.